The molecular formula is C18H32N2. The second-order valence-electron chi connectivity index (χ2n) is 5.78. The van der Waals surface area contributed by atoms with Gasteiger partial charge in [-0.3, -0.25) is 0 Å². The lowest BCUT2D eigenvalue weighted by molar-refractivity contribution is 0.363. The fourth-order valence-corrected chi connectivity index (χ4v) is 2.56. The predicted molar refractivity (Wildman–Crippen MR) is 90.1 cm³/mol. The highest BCUT2D eigenvalue weighted by molar-refractivity contribution is 5.44. The predicted octanol–water partition coefficient (Wildman–Crippen LogP) is 5.11. The molecule has 0 radical (unpaired) electrons. The third-order valence-corrected chi connectivity index (χ3v) is 3.76. The SMILES string of the molecule is CCCCCCCCCCN(c1ccccc1)N(C)C. The molecule has 1 aromatic carbocycles. The zero-order valence-electron chi connectivity index (χ0n) is 13.6. The maximum Gasteiger partial charge on any atom is 0.0521 e. The molecule has 0 aliphatic carbocycles. The smallest absolute Gasteiger partial charge is 0.0521 e. The summed E-state index contributed by atoms with van der Waals surface area (Å²) in [4.78, 5) is 0. The van der Waals surface area contributed by atoms with Gasteiger partial charge in [-0.05, 0) is 18.6 Å². The van der Waals surface area contributed by atoms with Gasteiger partial charge in [0.25, 0.3) is 0 Å². The number of unbranched alkanes of at least 4 members (excludes halogenated alkanes) is 7. The number of para-hydroxylation sites is 1. The molecule has 0 atom stereocenters. The van der Waals surface area contributed by atoms with Gasteiger partial charge in [0.15, 0.2) is 0 Å². The van der Waals surface area contributed by atoms with Crippen molar-refractivity contribution in [1.29, 1.82) is 0 Å². The quantitative estimate of drug-likeness (QED) is 0.409. The Balaban J connectivity index is 2.18. The number of nitrogens with zero attached hydrogens (tertiary/aromatic N) is 2. The molecule has 0 aliphatic heterocycles. The molecule has 0 fully saturated rings. The standard InChI is InChI=1S/C18H32N2/c1-4-5-6-7-8-9-10-14-17-20(19(2)3)18-15-12-11-13-16-18/h11-13,15-16H,4-10,14,17H2,1-3H3. The van der Waals surface area contributed by atoms with E-state index >= 15 is 0 Å². The summed E-state index contributed by atoms with van der Waals surface area (Å²) in [7, 11) is 4.25. The van der Waals surface area contributed by atoms with E-state index in [-0.39, 0.29) is 0 Å². The maximum absolute atomic E-state index is 2.36. The highest BCUT2D eigenvalue weighted by Gasteiger charge is 2.07. The van der Waals surface area contributed by atoms with Crippen molar-refractivity contribution in [2.45, 2.75) is 58.3 Å². The second kappa shape index (κ2) is 10.7. The number of hydrogen-bond acceptors (Lipinski definition) is 2. The first kappa shape index (κ1) is 17.0. The van der Waals surface area contributed by atoms with E-state index in [0.717, 1.165) is 6.54 Å². The molecule has 0 unspecified atom stereocenters. The lowest BCUT2D eigenvalue weighted by atomic mass is 10.1. The third kappa shape index (κ3) is 6.95. The summed E-state index contributed by atoms with van der Waals surface area (Å²) in [6.07, 6.45) is 11.0. The molecule has 0 N–H and O–H groups in total. The Bertz CT molecular complexity index is 321. The van der Waals surface area contributed by atoms with Crippen molar-refractivity contribution in [2.24, 2.45) is 0 Å². The van der Waals surface area contributed by atoms with Crippen molar-refractivity contribution in [3.8, 4) is 0 Å². The normalized spacial score (nSPS) is 11.0. The van der Waals surface area contributed by atoms with Gasteiger partial charge in [-0.25, -0.2) is 5.01 Å². The van der Waals surface area contributed by atoms with Crippen LogP contribution in [0.15, 0.2) is 30.3 Å². The van der Waals surface area contributed by atoms with Crippen molar-refractivity contribution < 1.29 is 0 Å². The van der Waals surface area contributed by atoms with E-state index in [2.05, 4.69) is 61.4 Å². The van der Waals surface area contributed by atoms with Crippen molar-refractivity contribution >= 4 is 5.69 Å². The van der Waals surface area contributed by atoms with Gasteiger partial charge in [0, 0.05) is 20.6 Å². The average Bonchev–Trinajstić information content (AvgIpc) is 2.46. The molecule has 0 saturated carbocycles. The lowest BCUT2D eigenvalue weighted by Crippen LogP contribution is -2.37. The summed E-state index contributed by atoms with van der Waals surface area (Å²) in [5.41, 5.74) is 1.29. The summed E-state index contributed by atoms with van der Waals surface area (Å²) in [6.45, 7) is 3.39. The summed E-state index contributed by atoms with van der Waals surface area (Å²) in [5.74, 6) is 0. The van der Waals surface area contributed by atoms with Crippen LogP contribution in [0, 0.1) is 0 Å². The first-order valence-electron chi connectivity index (χ1n) is 8.25. The number of anilines is 1. The Morgan fingerprint density at radius 1 is 0.750 bits per heavy atom. The Hall–Kier alpha value is -1.02. The molecule has 2 heteroatoms. The van der Waals surface area contributed by atoms with Crippen LogP contribution in [0.4, 0.5) is 5.69 Å². The van der Waals surface area contributed by atoms with Gasteiger partial charge in [0.05, 0.1) is 5.69 Å². The first-order chi connectivity index (χ1) is 9.75. The molecule has 20 heavy (non-hydrogen) atoms. The summed E-state index contributed by atoms with van der Waals surface area (Å²) in [6, 6.07) is 10.7. The first-order valence-corrected chi connectivity index (χ1v) is 8.25. The minimum Gasteiger partial charge on any atom is -0.306 e. The molecular weight excluding hydrogens is 244 g/mol. The average molecular weight is 276 g/mol. The summed E-state index contributed by atoms with van der Waals surface area (Å²) < 4.78 is 0. The summed E-state index contributed by atoms with van der Waals surface area (Å²) >= 11 is 0. The van der Waals surface area contributed by atoms with Crippen LogP contribution in [0.25, 0.3) is 0 Å². The van der Waals surface area contributed by atoms with E-state index in [9.17, 15) is 0 Å². The fourth-order valence-electron chi connectivity index (χ4n) is 2.56. The van der Waals surface area contributed by atoms with E-state index in [1.54, 1.807) is 0 Å². The van der Waals surface area contributed by atoms with Gasteiger partial charge in [0.1, 0.15) is 0 Å². The molecule has 0 heterocycles. The molecule has 2 nitrogen and oxygen atoms in total. The van der Waals surface area contributed by atoms with Gasteiger partial charge in [0.2, 0.25) is 0 Å². The Morgan fingerprint density at radius 3 is 1.85 bits per heavy atom. The van der Waals surface area contributed by atoms with Crippen LogP contribution in [0.5, 0.6) is 0 Å². The maximum atomic E-state index is 2.36. The van der Waals surface area contributed by atoms with Gasteiger partial charge in [-0.2, -0.15) is 0 Å². The molecule has 0 bridgehead atoms. The van der Waals surface area contributed by atoms with Crippen molar-refractivity contribution in [2.75, 3.05) is 25.6 Å². The van der Waals surface area contributed by atoms with Gasteiger partial charge in [-0.1, -0.05) is 70.1 Å². The van der Waals surface area contributed by atoms with E-state index in [4.69, 9.17) is 0 Å². The lowest BCUT2D eigenvalue weighted by Gasteiger charge is -2.31. The molecule has 0 aliphatic rings. The van der Waals surface area contributed by atoms with Crippen LogP contribution in [-0.2, 0) is 0 Å². The monoisotopic (exact) mass is 276 g/mol. The zero-order valence-corrected chi connectivity index (χ0v) is 13.6. The van der Waals surface area contributed by atoms with Crippen LogP contribution in [0.1, 0.15) is 58.3 Å². The Kier molecular flexibility index (Phi) is 9.14. The number of benzene rings is 1. The van der Waals surface area contributed by atoms with Gasteiger partial charge in [-0.15, -0.1) is 0 Å². The van der Waals surface area contributed by atoms with Crippen molar-refractivity contribution in [3.63, 3.8) is 0 Å². The molecule has 1 rings (SSSR count). The van der Waals surface area contributed by atoms with Crippen LogP contribution >= 0.6 is 0 Å². The van der Waals surface area contributed by atoms with Crippen LogP contribution in [0.2, 0.25) is 0 Å². The fraction of sp³-hybridized carbons (Fsp3) is 0.667. The topological polar surface area (TPSA) is 6.48 Å². The molecule has 0 spiro atoms. The highest BCUT2D eigenvalue weighted by atomic mass is 15.6. The minimum atomic E-state index is 1.12. The number of hydrogen-bond donors (Lipinski definition) is 0. The van der Waals surface area contributed by atoms with Crippen LogP contribution in [-0.4, -0.2) is 25.6 Å². The minimum absolute atomic E-state index is 1.12. The van der Waals surface area contributed by atoms with Crippen molar-refractivity contribution in [3.05, 3.63) is 30.3 Å². The number of hydrazine groups is 1. The van der Waals surface area contributed by atoms with Crippen LogP contribution in [0.3, 0.4) is 0 Å². The summed E-state index contributed by atoms with van der Waals surface area (Å²) in [5, 5.41) is 4.55. The largest absolute Gasteiger partial charge is 0.306 e. The van der Waals surface area contributed by atoms with Gasteiger partial charge >= 0.3 is 0 Å². The number of rotatable bonds is 11. The van der Waals surface area contributed by atoms with Crippen LogP contribution < -0.4 is 5.01 Å². The van der Waals surface area contributed by atoms with E-state index < -0.39 is 0 Å². The van der Waals surface area contributed by atoms with Gasteiger partial charge < -0.3 is 5.01 Å². The van der Waals surface area contributed by atoms with E-state index in [1.165, 1.54) is 57.1 Å². The zero-order chi connectivity index (χ0) is 14.6. The second-order valence-corrected chi connectivity index (χ2v) is 5.78. The molecule has 114 valence electrons. The highest BCUT2D eigenvalue weighted by Crippen LogP contribution is 2.16. The Morgan fingerprint density at radius 2 is 1.30 bits per heavy atom. The Labute approximate surface area is 125 Å². The third-order valence-electron chi connectivity index (χ3n) is 3.76. The molecule has 0 saturated heterocycles. The molecule has 0 amide bonds. The van der Waals surface area contributed by atoms with E-state index in [1.807, 2.05) is 0 Å². The van der Waals surface area contributed by atoms with E-state index in [0.29, 0.717) is 0 Å². The van der Waals surface area contributed by atoms with Crippen molar-refractivity contribution in [1.82, 2.24) is 5.01 Å². The molecule has 0 aromatic heterocycles. The molecule has 1 aromatic rings.